The van der Waals surface area contributed by atoms with Crippen molar-refractivity contribution < 1.29 is 9.13 Å². The predicted octanol–water partition coefficient (Wildman–Crippen LogP) is 2.23. The Hall–Kier alpha value is -1.80. The molecule has 1 aliphatic heterocycles. The standard InChI is InChI=1S/C14H18FN3O/c1-11(9-16)10-17-13-8-12(15)2-3-14(13)18-4-6-19-7-5-18/h2-3,8,11,17H,4-7,10H2,1H3. The van der Waals surface area contributed by atoms with Crippen molar-refractivity contribution in [2.24, 2.45) is 5.92 Å². The van der Waals surface area contributed by atoms with Crippen molar-refractivity contribution in [1.82, 2.24) is 0 Å². The van der Waals surface area contributed by atoms with Crippen LogP contribution in [0.5, 0.6) is 0 Å². The number of benzene rings is 1. The van der Waals surface area contributed by atoms with Gasteiger partial charge in [-0.25, -0.2) is 4.39 Å². The molecule has 1 heterocycles. The lowest BCUT2D eigenvalue weighted by Gasteiger charge is -2.30. The third kappa shape index (κ3) is 3.58. The summed E-state index contributed by atoms with van der Waals surface area (Å²) in [5, 5.41) is 12.0. The third-order valence-electron chi connectivity index (χ3n) is 3.13. The van der Waals surface area contributed by atoms with Crippen molar-refractivity contribution in [3.05, 3.63) is 24.0 Å². The molecule has 1 aromatic carbocycles. The van der Waals surface area contributed by atoms with Gasteiger partial charge in [-0.15, -0.1) is 0 Å². The first-order valence-corrected chi connectivity index (χ1v) is 6.46. The summed E-state index contributed by atoms with van der Waals surface area (Å²) >= 11 is 0. The molecule has 1 N–H and O–H groups in total. The number of hydrogen-bond donors (Lipinski definition) is 1. The summed E-state index contributed by atoms with van der Waals surface area (Å²) in [4.78, 5) is 2.17. The fourth-order valence-corrected chi connectivity index (χ4v) is 2.04. The number of halogens is 1. The summed E-state index contributed by atoms with van der Waals surface area (Å²) in [6, 6.07) is 6.88. The van der Waals surface area contributed by atoms with Gasteiger partial charge in [0.2, 0.25) is 0 Å². The molecule has 19 heavy (non-hydrogen) atoms. The zero-order chi connectivity index (χ0) is 13.7. The molecule has 0 radical (unpaired) electrons. The fraction of sp³-hybridized carbons (Fsp3) is 0.500. The van der Waals surface area contributed by atoms with E-state index < -0.39 is 0 Å². The highest BCUT2D eigenvalue weighted by molar-refractivity contribution is 5.70. The molecule has 1 fully saturated rings. The van der Waals surface area contributed by atoms with Gasteiger partial charge in [0.15, 0.2) is 0 Å². The van der Waals surface area contributed by atoms with Crippen LogP contribution in [0.25, 0.3) is 0 Å². The van der Waals surface area contributed by atoms with E-state index in [2.05, 4.69) is 16.3 Å². The monoisotopic (exact) mass is 263 g/mol. The maximum Gasteiger partial charge on any atom is 0.125 e. The molecule has 0 spiro atoms. The lowest BCUT2D eigenvalue weighted by atomic mass is 10.2. The Labute approximate surface area is 112 Å². The van der Waals surface area contributed by atoms with Crippen LogP contribution >= 0.6 is 0 Å². The van der Waals surface area contributed by atoms with Gasteiger partial charge in [0, 0.05) is 19.6 Å². The van der Waals surface area contributed by atoms with Crippen molar-refractivity contribution in [2.75, 3.05) is 43.1 Å². The van der Waals surface area contributed by atoms with Crippen molar-refractivity contribution >= 4 is 11.4 Å². The molecular weight excluding hydrogens is 245 g/mol. The lowest BCUT2D eigenvalue weighted by Crippen LogP contribution is -2.36. The van der Waals surface area contributed by atoms with Gasteiger partial charge < -0.3 is 15.0 Å². The topological polar surface area (TPSA) is 48.3 Å². The molecule has 5 heteroatoms. The normalized spacial score (nSPS) is 16.8. The zero-order valence-corrected chi connectivity index (χ0v) is 11.0. The number of rotatable bonds is 4. The Morgan fingerprint density at radius 2 is 2.21 bits per heavy atom. The van der Waals surface area contributed by atoms with Crippen LogP contribution in [0.4, 0.5) is 15.8 Å². The van der Waals surface area contributed by atoms with Crippen molar-refractivity contribution in [3.63, 3.8) is 0 Å². The summed E-state index contributed by atoms with van der Waals surface area (Å²) in [6.07, 6.45) is 0. The summed E-state index contributed by atoms with van der Waals surface area (Å²) < 4.78 is 18.7. The highest BCUT2D eigenvalue weighted by Gasteiger charge is 2.15. The number of nitrogens with one attached hydrogen (secondary N) is 1. The lowest BCUT2D eigenvalue weighted by molar-refractivity contribution is 0.123. The molecule has 0 saturated carbocycles. The van der Waals surface area contributed by atoms with Crippen LogP contribution < -0.4 is 10.2 Å². The molecule has 0 bridgehead atoms. The van der Waals surface area contributed by atoms with Crippen LogP contribution in [0.1, 0.15) is 6.92 Å². The Kier molecular flexibility index (Phi) is 4.58. The minimum Gasteiger partial charge on any atom is -0.382 e. The predicted molar refractivity (Wildman–Crippen MR) is 72.7 cm³/mol. The van der Waals surface area contributed by atoms with Crippen LogP contribution in [0.15, 0.2) is 18.2 Å². The van der Waals surface area contributed by atoms with E-state index in [0.29, 0.717) is 19.8 Å². The van der Waals surface area contributed by atoms with E-state index in [9.17, 15) is 4.39 Å². The van der Waals surface area contributed by atoms with Gasteiger partial charge in [0.05, 0.1) is 36.6 Å². The molecule has 4 nitrogen and oxygen atoms in total. The second kappa shape index (κ2) is 6.39. The van der Waals surface area contributed by atoms with Gasteiger partial charge in [0.1, 0.15) is 5.82 Å². The second-order valence-electron chi connectivity index (χ2n) is 4.67. The average molecular weight is 263 g/mol. The molecule has 2 rings (SSSR count). The van der Waals surface area contributed by atoms with Crippen LogP contribution in [-0.2, 0) is 4.74 Å². The number of nitrogens with zero attached hydrogens (tertiary/aromatic N) is 2. The van der Waals surface area contributed by atoms with Gasteiger partial charge in [0.25, 0.3) is 0 Å². The first-order valence-electron chi connectivity index (χ1n) is 6.46. The van der Waals surface area contributed by atoms with Crippen LogP contribution in [0.2, 0.25) is 0 Å². The fourth-order valence-electron chi connectivity index (χ4n) is 2.04. The van der Waals surface area contributed by atoms with Gasteiger partial charge in [-0.2, -0.15) is 5.26 Å². The first-order chi connectivity index (χ1) is 9.20. The Bertz CT molecular complexity index is 466. The van der Waals surface area contributed by atoms with E-state index in [4.69, 9.17) is 10.00 Å². The molecule has 1 atom stereocenters. The van der Waals surface area contributed by atoms with Gasteiger partial charge in [-0.1, -0.05) is 0 Å². The Morgan fingerprint density at radius 1 is 1.47 bits per heavy atom. The van der Waals surface area contributed by atoms with Gasteiger partial charge in [-0.05, 0) is 25.1 Å². The summed E-state index contributed by atoms with van der Waals surface area (Å²) in [7, 11) is 0. The highest BCUT2D eigenvalue weighted by atomic mass is 19.1. The summed E-state index contributed by atoms with van der Waals surface area (Å²) in [6.45, 7) is 5.32. The highest BCUT2D eigenvalue weighted by Crippen LogP contribution is 2.27. The van der Waals surface area contributed by atoms with E-state index in [1.807, 2.05) is 6.92 Å². The molecular formula is C14H18FN3O. The molecule has 0 aliphatic carbocycles. The molecule has 1 aliphatic rings. The summed E-state index contributed by atoms with van der Waals surface area (Å²) in [5.74, 6) is -0.384. The minimum atomic E-state index is -0.274. The second-order valence-corrected chi connectivity index (χ2v) is 4.67. The minimum absolute atomic E-state index is 0.110. The number of ether oxygens (including phenoxy) is 1. The molecule has 1 saturated heterocycles. The maximum absolute atomic E-state index is 13.4. The number of morpholine rings is 1. The molecule has 1 unspecified atom stereocenters. The number of anilines is 2. The quantitative estimate of drug-likeness (QED) is 0.905. The van der Waals surface area contributed by atoms with Crippen molar-refractivity contribution in [1.29, 1.82) is 5.26 Å². The van der Waals surface area contributed by atoms with E-state index in [1.54, 1.807) is 6.07 Å². The van der Waals surface area contributed by atoms with Crippen LogP contribution in [0, 0.1) is 23.1 Å². The number of nitriles is 1. The van der Waals surface area contributed by atoms with E-state index in [1.165, 1.54) is 12.1 Å². The smallest absolute Gasteiger partial charge is 0.125 e. The number of hydrogen-bond acceptors (Lipinski definition) is 4. The zero-order valence-electron chi connectivity index (χ0n) is 11.0. The average Bonchev–Trinajstić information content (AvgIpc) is 2.45. The van der Waals surface area contributed by atoms with Crippen molar-refractivity contribution in [2.45, 2.75) is 6.92 Å². The first kappa shape index (κ1) is 13.6. The molecule has 0 aromatic heterocycles. The van der Waals surface area contributed by atoms with E-state index in [0.717, 1.165) is 24.5 Å². The molecule has 0 amide bonds. The van der Waals surface area contributed by atoms with Crippen LogP contribution in [-0.4, -0.2) is 32.8 Å². The largest absolute Gasteiger partial charge is 0.382 e. The molecule has 1 aromatic rings. The Morgan fingerprint density at radius 3 is 2.89 bits per heavy atom. The Balaban J connectivity index is 2.15. The summed E-state index contributed by atoms with van der Waals surface area (Å²) in [5.41, 5.74) is 1.71. The van der Waals surface area contributed by atoms with Crippen molar-refractivity contribution in [3.8, 4) is 6.07 Å². The maximum atomic E-state index is 13.4. The third-order valence-corrected chi connectivity index (χ3v) is 3.13. The van der Waals surface area contributed by atoms with Gasteiger partial charge in [-0.3, -0.25) is 0 Å². The molecule has 102 valence electrons. The van der Waals surface area contributed by atoms with E-state index in [-0.39, 0.29) is 11.7 Å². The van der Waals surface area contributed by atoms with Gasteiger partial charge >= 0.3 is 0 Å². The van der Waals surface area contributed by atoms with E-state index >= 15 is 0 Å². The van der Waals surface area contributed by atoms with Crippen LogP contribution in [0.3, 0.4) is 0 Å². The SMILES string of the molecule is CC(C#N)CNc1cc(F)ccc1N1CCOCC1.